The number of alkyl halides is 1. The van der Waals surface area contributed by atoms with Crippen molar-refractivity contribution in [3.63, 3.8) is 0 Å². The maximum atomic E-state index is 16.0. The van der Waals surface area contributed by atoms with E-state index >= 15 is 4.39 Å². The summed E-state index contributed by atoms with van der Waals surface area (Å²) in [5.74, 6) is 0.0751. The molecule has 0 aromatic carbocycles. The lowest BCUT2D eigenvalue weighted by molar-refractivity contribution is -0.0426. The van der Waals surface area contributed by atoms with Crippen LogP contribution in [0.1, 0.15) is 18.0 Å². The average molecular weight is 708 g/mol. The maximum Gasteiger partial charge on any atom is 0.386 e. The molecule has 3 saturated heterocycles. The van der Waals surface area contributed by atoms with Gasteiger partial charge in [-0.2, -0.15) is 4.98 Å². The molecule has 0 radical (unpaired) electrons. The number of nitrogen functional groups attached to an aromatic ring is 2. The van der Waals surface area contributed by atoms with Crippen molar-refractivity contribution in [3.8, 4) is 0 Å². The first-order chi connectivity index (χ1) is 20.9. The van der Waals surface area contributed by atoms with Crippen LogP contribution in [0.15, 0.2) is 29.7 Å². The minimum Gasteiger partial charge on any atom is -0.383 e. The minimum absolute atomic E-state index is 0.0463. The number of thioether (sulfide) groups is 1. The largest absolute Gasteiger partial charge is 0.386 e. The lowest BCUT2D eigenvalue weighted by Gasteiger charge is -2.27. The smallest absolute Gasteiger partial charge is 0.383 e. The number of halogens is 1. The summed E-state index contributed by atoms with van der Waals surface area (Å²) in [6.07, 6.45) is -2.36. The van der Waals surface area contributed by atoms with E-state index in [2.05, 4.69) is 37.2 Å². The van der Waals surface area contributed by atoms with Crippen LogP contribution < -0.4 is 17.0 Å². The van der Waals surface area contributed by atoms with Gasteiger partial charge in [-0.3, -0.25) is 23.4 Å². The number of anilines is 2. The third-order valence-corrected chi connectivity index (χ3v) is 12.0. The summed E-state index contributed by atoms with van der Waals surface area (Å²) < 4.78 is 61.2. The van der Waals surface area contributed by atoms with E-state index in [4.69, 9.17) is 46.1 Å². The highest BCUT2D eigenvalue weighted by atomic mass is 32.7. The molecule has 7 rings (SSSR count). The molecule has 4 aromatic rings. The van der Waals surface area contributed by atoms with Crippen LogP contribution in [0.25, 0.3) is 22.2 Å². The second-order valence-electron chi connectivity index (χ2n) is 10.1. The normalized spacial score (nSPS) is 36.6. The van der Waals surface area contributed by atoms with Crippen molar-refractivity contribution >= 4 is 83.3 Å². The first kappa shape index (κ1) is 30.5. The summed E-state index contributed by atoms with van der Waals surface area (Å²) in [6.45, 7) is -8.83. The zero-order chi connectivity index (χ0) is 31.0. The molecule has 3 aliphatic heterocycles. The molecule has 0 spiro atoms. The lowest BCUT2D eigenvalue weighted by Crippen LogP contribution is -2.33. The number of nitrogens with two attached hydrogens (primary N) is 2. The van der Waals surface area contributed by atoms with Crippen LogP contribution in [0.2, 0.25) is 0 Å². The highest BCUT2D eigenvalue weighted by Gasteiger charge is 2.51. The van der Waals surface area contributed by atoms with Crippen molar-refractivity contribution in [2.45, 2.75) is 47.8 Å². The summed E-state index contributed by atoms with van der Waals surface area (Å²) >= 11 is 10.7. The number of hydrogen-bond acceptors (Lipinski definition) is 15. The Morgan fingerprint density at radius 1 is 1.16 bits per heavy atom. The van der Waals surface area contributed by atoms with E-state index in [-0.39, 0.29) is 36.0 Å². The summed E-state index contributed by atoms with van der Waals surface area (Å²) in [6, 6.07) is 1.60. The molecule has 2 unspecified atom stereocenters. The minimum atomic E-state index is -4.18. The number of aromatic amines is 1. The molecule has 3 aliphatic rings. The molecule has 2 bridgehead atoms. The highest BCUT2D eigenvalue weighted by molar-refractivity contribution is 8.44. The van der Waals surface area contributed by atoms with Crippen LogP contribution in [-0.4, -0.2) is 81.9 Å². The Morgan fingerprint density at radius 2 is 1.98 bits per heavy atom. The van der Waals surface area contributed by atoms with Crippen LogP contribution in [0, 0.1) is 0 Å². The number of aromatic nitrogens is 7. The van der Waals surface area contributed by atoms with E-state index in [0.717, 1.165) is 0 Å². The van der Waals surface area contributed by atoms with Crippen molar-refractivity contribution < 1.29 is 36.7 Å². The fourth-order valence-corrected chi connectivity index (χ4v) is 10.0. The summed E-state index contributed by atoms with van der Waals surface area (Å²) in [7, 11) is 0. The number of fused-ring (bicyclic) bond motifs is 5. The van der Waals surface area contributed by atoms with Gasteiger partial charge in [0.1, 0.15) is 35.4 Å². The van der Waals surface area contributed by atoms with E-state index in [1.165, 1.54) is 35.2 Å². The number of thiol groups is 1. The van der Waals surface area contributed by atoms with Crippen molar-refractivity contribution in [1.82, 2.24) is 34.1 Å². The SMILES string of the molecule is Nc1nc2c(ncn2[C@@H]2S[C@@H]3COP(=O)(S)O[C@H]4[C@H](F)[C@H](n5ccc6c(N)ncnc65)O[C@@H]4COP(O)(=S)O[C@@H]2C3)c(=O)[nH]1. The van der Waals surface area contributed by atoms with Gasteiger partial charge in [0.25, 0.3) is 5.56 Å². The molecule has 236 valence electrons. The van der Waals surface area contributed by atoms with Gasteiger partial charge >= 0.3 is 13.5 Å². The Kier molecular flexibility index (Phi) is 7.81. The molecule has 4 aromatic heterocycles. The van der Waals surface area contributed by atoms with Gasteiger partial charge in [-0.25, -0.2) is 23.9 Å². The van der Waals surface area contributed by atoms with Gasteiger partial charge < -0.3 is 34.7 Å². The fourth-order valence-electron chi connectivity index (χ4n) is 5.40. The van der Waals surface area contributed by atoms with E-state index in [1.54, 1.807) is 10.6 Å². The van der Waals surface area contributed by atoms with Gasteiger partial charge in [0.15, 0.2) is 23.6 Å². The third kappa shape index (κ3) is 5.57. The summed E-state index contributed by atoms with van der Waals surface area (Å²) in [5, 5.41) is -0.557. The lowest BCUT2D eigenvalue weighted by atomic mass is 10.1. The van der Waals surface area contributed by atoms with Crippen LogP contribution in [-0.2, 0) is 39.2 Å². The summed E-state index contributed by atoms with van der Waals surface area (Å²) in [5.41, 5.74) is 11.7. The molecular weight excluding hydrogens is 683 g/mol. The van der Waals surface area contributed by atoms with E-state index < -0.39 is 67.0 Å². The molecule has 44 heavy (non-hydrogen) atoms. The summed E-state index contributed by atoms with van der Waals surface area (Å²) in [4.78, 5) is 42.3. The highest BCUT2D eigenvalue weighted by Crippen LogP contribution is 2.59. The van der Waals surface area contributed by atoms with Gasteiger partial charge in [0.2, 0.25) is 5.95 Å². The van der Waals surface area contributed by atoms with Crippen molar-refractivity contribution in [1.29, 1.82) is 0 Å². The topological polar surface area (TPSA) is 230 Å². The Bertz CT molecular complexity index is 1910. The Hall–Kier alpha value is -2.16. The van der Waals surface area contributed by atoms with Crippen LogP contribution >= 0.6 is 37.5 Å². The molecule has 7 heterocycles. The predicted molar refractivity (Wildman–Crippen MR) is 163 cm³/mol. The Labute approximate surface area is 261 Å². The molecule has 23 heteroatoms. The number of imidazole rings is 1. The van der Waals surface area contributed by atoms with Gasteiger partial charge in [-0.05, 0) is 24.3 Å². The number of ether oxygens (including phenoxy) is 1. The second kappa shape index (κ2) is 11.3. The van der Waals surface area contributed by atoms with Gasteiger partial charge in [-0.1, -0.05) is 12.2 Å². The first-order valence-electron chi connectivity index (χ1n) is 12.9. The molecule has 0 amide bonds. The van der Waals surface area contributed by atoms with E-state index in [9.17, 15) is 14.3 Å². The predicted octanol–water partition coefficient (Wildman–Crippen LogP) is 2.04. The quantitative estimate of drug-likeness (QED) is 0.148. The Morgan fingerprint density at radius 3 is 2.80 bits per heavy atom. The van der Waals surface area contributed by atoms with Crippen LogP contribution in [0.3, 0.4) is 0 Å². The van der Waals surface area contributed by atoms with E-state index in [0.29, 0.717) is 11.0 Å². The Balaban J connectivity index is 1.19. The van der Waals surface area contributed by atoms with Gasteiger partial charge in [-0.15, -0.1) is 11.8 Å². The molecule has 9 atom stereocenters. The number of nitrogens with one attached hydrogen (secondary N) is 1. The monoisotopic (exact) mass is 707 g/mol. The fraction of sp³-hybridized carbons (Fsp3) is 0.476. The molecule has 0 saturated carbocycles. The van der Waals surface area contributed by atoms with Crippen LogP contribution in [0.5, 0.6) is 0 Å². The molecule has 6 N–H and O–H groups in total. The molecule has 0 aliphatic carbocycles. The molecular formula is C21H24FN9O8P2S3. The zero-order valence-corrected chi connectivity index (χ0v) is 26.5. The first-order valence-corrected chi connectivity index (χ1v) is 19.2. The molecule has 3 fully saturated rings. The van der Waals surface area contributed by atoms with Crippen molar-refractivity contribution in [2.24, 2.45) is 0 Å². The van der Waals surface area contributed by atoms with Gasteiger partial charge in [0, 0.05) is 11.4 Å². The maximum absolute atomic E-state index is 16.0. The van der Waals surface area contributed by atoms with Crippen molar-refractivity contribution in [2.75, 3.05) is 24.7 Å². The third-order valence-electron chi connectivity index (χ3n) is 7.30. The number of hydrogen-bond donors (Lipinski definition) is 5. The van der Waals surface area contributed by atoms with Crippen LogP contribution in [0.4, 0.5) is 16.2 Å². The molecule has 17 nitrogen and oxygen atoms in total. The number of rotatable bonds is 2. The average Bonchev–Trinajstić information content (AvgIpc) is 3.72. The zero-order valence-electron chi connectivity index (χ0n) is 22.2. The number of nitrogens with zero attached hydrogens (tertiary/aromatic N) is 6. The number of H-pyrrole nitrogens is 1. The van der Waals surface area contributed by atoms with E-state index in [1.807, 2.05) is 0 Å². The van der Waals surface area contributed by atoms with Gasteiger partial charge in [0.05, 0.1) is 31.0 Å². The second-order valence-corrected chi connectivity index (χ2v) is 17.2. The van der Waals surface area contributed by atoms with Crippen molar-refractivity contribution in [3.05, 3.63) is 35.3 Å². The standard InChI is InChI=1S/C21H24FN9O8P2S3/c22-12-14-11(37-19(12)30-2-1-9-15(23)25-6-26-16(9)30)5-36-40(33,42)38-10-3-8(4-35-41(34,43)39-14)44-20(10)31-7-27-13-17(31)28-21(24)29-18(13)32/h1-2,6-8,10-12,14,19-20H,3-5H2,(H,33,42)(H,34,43)(H2,23,25,26)(H3,24,28,29,32)/t8-,10+,11+,12-,14+,19+,20+,40?,41?/m0/s1.